The third-order valence-corrected chi connectivity index (χ3v) is 3.31. The lowest BCUT2D eigenvalue weighted by Crippen LogP contribution is -2.44. The van der Waals surface area contributed by atoms with Gasteiger partial charge in [-0.3, -0.25) is 4.79 Å². The summed E-state index contributed by atoms with van der Waals surface area (Å²) < 4.78 is 4.81. The highest BCUT2D eigenvalue weighted by Crippen LogP contribution is 2.10. The van der Waals surface area contributed by atoms with Gasteiger partial charge in [0.1, 0.15) is 6.04 Å². The molecule has 0 radical (unpaired) electrons. The molecule has 17 heavy (non-hydrogen) atoms. The second kappa shape index (κ2) is 7.37. The lowest BCUT2D eigenvalue weighted by molar-refractivity contribution is -0.123. The molecule has 96 valence electrons. The van der Waals surface area contributed by atoms with E-state index < -0.39 is 6.04 Å². The summed E-state index contributed by atoms with van der Waals surface area (Å²) in [5.41, 5.74) is 6.60. The van der Waals surface area contributed by atoms with Crippen LogP contribution in [0.3, 0.4) is 0 Å². The van der Waals surface area contributed by atoms with Crippen LogP contribution < -0.4 is 11.1 Å². The van der Waals surface area contributed by atoms with E-state index in [-0.39, 0.29) is 12.5 Å². The van der Waals surface area contributed by atoms with Crippen LogP contribution >= 0.6 is 11.3 Å². The standard InChI is InChI=1S/C11H19N3O2S/c1-3-10-14-8(7-17-10)4-5-13-11(15)9(12)6-16-2/h7,9H,3-6,12H2,1-2H3,(H,13,15). The topological polar surface area (TPSA) is 77.2 Å². The summed E-state index contributed by atoms with van der Waals surface area (Å²) in [6.07, 6.45) is 1.69. The Labute approximate surface area is 105 Å². The maximum absolute atomic E-state index is 11.5. The van der Waals surface area contributed by atoms with Crippen LogP contribution in [-0.4, -0.2) is 37.2 Å². The number of nitrogens with one attached hydrogen (secondary N) is 1. The smallest absolute Gasteiger partial charge is 0.239 e. The molecule has 1 unspecified atom stereocenters. The molecule has 0 aliphatic rings. The van der Waals surface area contributed by atoms with Crippen molar-refractivity contribution in [1.29, 1.82) is 0 Å². The van der Waals surface area contributed by atoms with E-state index in [4.69, 9.17) is 10.5 Å². The molecule has 6 heteroatoms. The first-order valence-corrected chi connectivity index (χ1v) is 6.50. The number of hydrogen-bond donors (Lipinski definition) is 2. The SMILES string of the molecule is CCc1nc(CCNC(=O)C(N)COC)cs1. The van der Waals surface area contributed by atoms with E-state index in [2.05, 4.69) is 17.2 Å². The Hall–Kier alpha value is -0.980. The number of carbonyl (C=O) groups excluding carboxylic acids is 1. The van der Waals surface area contributed by atoms with E-state index >= 15 is 0 Å². The predicted molar refractivity (Wildman–Crippen MR) is 68.1 cm³/mol. The molecule has 3 N–H and O–H groups in total. The predicted octanol–water partition coefficient (Wildman–Crippen LogP) is 0.338. The molecule has 1 heterocycles. The van der Waals surface area contributed by atoms with Crippen LogP contribution in [0.1, 0.15) is 17.6 Å². The average Bonchev–Trinajstić information content (AvgIpc) is 2.77. The first kappa shape index (κ1) is 14.1. The number of amides is 1. The summed E-state index contributed by atoms with van der Waals surface area (Å²) in [6, 6.07) is -0.596. The Bertz CT molecular complexity index is 354. The minimum Gasteiger partial charge on any atom is -0.383 e. The Morgan fingerprint density at radius 3 is 3.06 bits per heavy atom. The molecule has 0 aliphatic heterocycles. The maximum Gasteiger partial charge on any atom is 0.239 e. The maximum atomic E-state index is 11.5. The minimum absolute atomic E-state index is 0.183. The Kier molecular flexibility index (Phi) is 6.10. The molecule has 0 aliphatic carbocycles. The highest BCUT2D eigenvalue weighted by molar-refractivity contribution is 7.09. The molecule has 0 saturated heterocycles. The summed E-state index contributed by atoms with van der Waals surface area (Å²) in [7, 11) is 1.52. The van der Waals surface area contributed by atoms with E-state index in [0.29, 0.717) is 6.54 Å². The largest absolute Gasteiger partial charge is 0.383 e. The quantitative estimate of drug-likeness (QED) is 0.738. The molecular weight excluding hydrogens is 238 g/mol. The van der Waals surface area contributed by atoms with Gasteiger partial charge in [-0.15, -0.1) is 11.3 Å². The zero-order valence-corrected chi connectivity index (χ0v) is 11.0. The monoisotopic (exact) mass is 257 g/mol. The summed E-state index contributed by atoms with van der Waals surface area (Å²) in [5, 5.41) is 5.92. The van der Waals surface area contributed by atoms with Gasteiger partial charge in [0.05, 0.1) is 17.3 Å². The molecule has 0 bridgehead atoms. The summed E-state index contributed by atoms with van der Waals surface area (Å²) in [4.78, 5) is 15.9. The van der Waals surface area contributed by atoms with Gasteiger partial charge in [-0.2, -0.15) is 0 Å². The van der Waals surface area contributed by atoms with Crippen LogP contribution in [0.4, 0.5) is 0 Å². The molecule has 0 fully saturated rings. The minimum atomic E-state index is -0.596. The number of ether oxygens (including phenoxy) is 1. The Morgan fingerprint density at radius 1 is 1.71 bits per heavy atom. The number of nitrogens with zero attached hydrogens (tertiary/aromatic N) is 1. The fraction of sp³-hybridized carbons (Fsp3) is 0.636. The van der Waals surface area contributed by atoms with Gasteiger partial charge >= 0.3 is 0 Å². The van der Waals surface area contributed by atoms with Gasteiger partial charge in [-0.25, -0.2) is 4.98 Å². The van der Waals surface area contributed by atoms with Crippen molar-refractivity contribution >= 4 is 17.2 Å². The van der Waals surface area contributed by atoms with Crippen LogP contribution in [0.15, 0.2) is 5.38 Å². The number of aryl methyl sites for hydroxylation is 1. The third-order valence-electron chi connectivity index (χ3n) is 2.27. The van der Waals surface area contributed by atoms with E-state index in [0.717, 1.165) is 23.5 Å². The molecule has 1 aromatic heterocycles. The van der Waals surface area contributed by atoms with Gasteiger partial charge in [0.2, 0.25) is 5.91 Å². The first-order valence-electron chi connectivity index (χ1n) is 5.62. The van der Waals surface area contributed by atoms with Gasteiger partial charge in [-0.1, -0.05) is 6.92 Å². The molecule has 1 amide bonds. The van der Waals surface area contributed by atoms with Crippen LogP contribution in [0, 0.1) is 0 Å². The van der Waals surface area contributed by atoms with Crippen molar-refractivity contribution in [3.05, 3.63) is 16.1 Å². The van der Waals surface area contributed by atoms with Crippen molar-refractivity contribution < 1.29 is 9.53 Å². The fourth-order valence-corrected chi connectivity index (χ4v) is 2.11. The van der Waals surface area contributed by atoms with Gasteiger partial charge in [-0.05, 0) is 6.42 Å². The molecule has 1 aromatic rings. The number of nitrogens with two attached hydrogens (primary N) is 1. The highest BCUT2D eigenvalue weighted by atomic mass is 32.1. The van der Waals surface area contributed by atoms with Gasteiger partial charge in [0, 0.05) is 25.5 Å². The van der Waals surface area contributed by atoms with Crippen molar-refractivity contribution in [2.45, 2.75) is 25.8 Å². The molecule has 1 atom stereocenters. The van der Waals surface area contributed by atoms with Crippen LogP contribution in [-0.2, 0) is 22.4 Å². The van der Waals surface area contributed by atoms with Gasteiger partial charge in [0.25, 0.3) is 0 Å². The zero-order valence-electron chi connectivity index (χ0n) is 10.2. The summed E-state index contributed by atoms with van der Waals surface area (Å²) >= 11 is 1.65. The van der Waals surface area contributed by atoms with E-state index in [1.54, 1.807) is 11.3 Å². The Balaban J connectivity index is 2.25. The second-order valence-corrected chi connectivity index (χ2v) is 4.63. The van der Waals surface area contributed by atoms with Crippen molar-refractivity contribution in [2.24, 2.45) is 5.73 Å². The van der Waals surface area contributed by atoms with Crippen molar-refractivity contribution in [3.63, 3.8) is 0 Å². The molecule has 1 rings (SSSR count). The number of carbonyl (C=O) groups is 1. The zero-order chi connectivity index (χ0) is 12.7. The normalized spacial score (nSPS) is 12.4. The third kappa shape index (κ3) is 4.80. The molecular formula is C11H19N3O2S. The number of methoxy groups -OCH3 is 1. The second-order valence-electron chi connectivity index (χ2n) is 3.69. The Morgan fingerprint density at radius 2 is 2.47 bits per heavy atom. The van der Waals surface area contributed by atoms with Crippen molar-refractivity contribution in [3.8, 4) is 0 Å². The van der Waals surface area contributed by atoms with Crippen molar-refractivity contribution in [1.82, 2.24) is 10.3 Å². The van der Waals surface area contributed by atoms with E-state index in [1.165, 1.54) is 7.11 Å². The number of rotatable bonds is 7. The number of hydrogen-bond acceptors (Lipinski definition) is 5. The van der Waals surface area contributed by atoms with E-state index in [9.17, 15) is 4.79 Å². The highest BCUT2D eigenvalue weighted by Gasteiger charge is 2.12. The number of thiazole rings is 1. The lowest BCUT2D eigenvalue weighted by atomic mass is 10.3. The fourth-order valence-electron chi connectivity index (χ4n) is 1.33. The van der Waals surface area contributed by atoms with Crippen LogP contribution in [0.2, 0.25) is 0 Å². The molecule has 5 nitrogen and oxygen atoms in total. The average molecular weight is 257 g/mol. The summed E-state index contributed by atoms with van der Waals surface area (Å²) in [6.45, 7) is 2.87. The first-order chi connectivity index (χ1) is 8.17. The molecule has 0 aromatic carbocycles. The van der Waals surface area contributed by atoms with Gasteiger partial charge in [0.15, 0.2) is 0 Å². The lowest BCUT2D eigenvalue weighted by Gasteiger charge is -2.10. The summed E-state index contributed by atoms with van der Waals surface area (Å²) in [5.74, 6) is -0.183. The number of aromatic nitrogens is 1. The van der Waals surface area contributed by atoms with E-state index in [1.807, 2.05) is 5.38 Å². The van der Waals surface area contributed by atoms with Gasteiger partial charge < -0.3 is 15.8 Å². The molecule has 0 saturated carbocycles. The van der Waals surface area contributed by atoms with Crippen LogP contribution in [0.5, 0.6) is 0 Å². The van der Waals surface area contributed by atoms with Crippen LogP contribution in [0.25, 0.3) is 0 Å². The van der Waals surface area contributed by atoms with Crippen molar-refractivity contribution in [2.75, 3.05) is 20.3 Å². The molecule has 0 spiro atoms.